The second-order valence-electron chi connectivity index (χ2n) is 4.20. The Bertz CT molecular complexity index is 341. The molecule has 1 aromatic carbocycles. The van der Waals surface area contributed by atoms with Crippen LogP contribution in [0.1, 0.15) is 18.9 Å². The lowest BCUT2D eigenvalue weighted by Crippen LogP contribution is -2.40. The van der Waals surface area contributed by atoms with E-state index in [4.69, 9.17) is 4.74 Å². The monoisotopic (exact) mass is 250 g/mol. The lowest BCUT2D eigenvalue weighted by molar-refractivity contribution is -0.120. The van der Waals surface area contributed by atoms with Crippen molar-refractivity contribution in [3.63, 3.8) is 0 Å². The maximum Gasteiger partial charge on any atom is 0.234 e. The van der Waals surface area contributed by atoms with Gasteiger partial charge in [-0.05, 0) is 12.0 Å². The van der Waals surface area contributed by atoms with Crippen molar-refractivity contribution in [3.8, 4) is 0 Å². The molecule has 1 amide bonds. The van der Waals surface area contributed by atoms with Crippen molar-refractivity contribution in [2.24, 2.45) is 0 Å². The van der Waals surface area contributed by atoms with Crippen molar-refractivity contribution in [2.75, 3.05) is 20.3 Å². The highest BCUT2D eigenvalue weighted by atomic mass is 16.5. The van der Waals surface area contributed by atoms with Crippen LogP contribution in [0.5, 0.6) is 0 Å². The van der Waals surface area contributed by atoms with Crippen molar-refractivity contribution < 1.29 is 9.53 Å². The molecule has 18 heavy (non-hydrogen) atoms. The highest BCUT2D eigenvalue weighted by Crippen LogP contribution is 1.97. The summed E-state index contributed by atoms with van der Waals surface area (Å²) in [7, 11) is 1.67. The Balaban J connectivity index is 2.21. The summed E-state index contributed by atoms with van der Waals surface area (Å²) < 4.78 is 5.06. The number of amides is 1. The highest BCUT2D eigenvalue weighted by Gasteiger charge is 2.07. The molecule has 1 aromatic rings. The van der Waals surface area contributed by atoms with Gasteiger partial charge in [0.1, 0.15) is 0 Å². The molecular formula is C14H22N2O2. The van der Waals surface area contributed by atoms with Crippen LogP contribution in [0, 0.1) is 0 Å². The van der Waals surface area contributed by atoms with E-state index < -0.39 is 0 Å². The van der Waals surface area contributed by atoms with Gasteiger partial charge in [-0.1, -0.05) is 37.3 Å². The van der Waals surface area contributed by atoms with Crippen molar-refractivity contribution >= 4 is 5.91 Å². The Labute approximate surface area is 109 Å². The molecule has 0 aliphatic rings. The van der Waals surface area contributed by atoms with Crippen LogP contribution < -0.4 is 10.6 Å². The molecule has 0 aliphatic carbocycles. The third-order valence-electron chi connectivity index (χ3n) is 2.74. The number of ether oxygens (including phenoxy) is 1. The maximum absolute atomic E-state index is 11.6. The quantitative estimate of drug-likeness (QED) is 0.731. The minimum absolute atomic E-state index is 0.00778. The first-order chi connectivity index (χ1) is 8.76. The predicted octanol–water partition coefficient (Wildman–Crippen LogP) is 1.32. The van der Waals surface area contributed by atoms with Gasteiger partial charge in [-0.2, -0.15) is 0 Å². The number of carbonyl (C=O) groups is 1. The fourth-order valence-electron chi connectivity index (χ4n) is 1.62. The molecule has 0 fully saturated rings. The van der Waals surface area contributed by atoms with Gasteiger partial charge >= 0.3 is 0 Å². The fourth-order valence-corrected chi connectivity index (χ4v) is 1.62. The van der Waals surface area contributed by atoms with E-state index in [1.807, 2.05) is 30.3 Å². The topological polar surface area (TPSA) is 50.4 Å². The SMILES string of the molecule is CCC(COC)NCC(=O)NCc1ccccc1. The molecule has 4 nitrogen and oxygen atoms in total. The van der Waals surface area contributed by atoms with E-state index in [2.05, 4.69) is 17.6 Å². The zero-order valence-electron chi connectivity index (χ0n) is 11.1. The summed E-state index contributed by atoms with van der Waals surface area (Å²) in [5, 5.41) is 6.05. The van der Waals surface area contributed by atoms with Crippen LogP contribution in [0.2, 0.25) is 0 Å². The first-order valence-electron chi connectivity index (χ1n) is 6.29. The molecule has 0 aliphatic heterocycles. The minimum atomic E-state index is 0.00778. The summed E-state index contributed by atoms with van der Waals surface area (Å²) >= 11 is 0. The lowest BCUT2D eigenvalue weighted by Gasteiger charge is -2.15. The van der Waals surface area contributed by atoms with Crippen molar-refractivity contribution in [3.05, 3.63) is 35.9 Å². The molecule has 1 rings (SSSR count). The molecule has 0 aromatic heterocycles. The van der Waals surface area contributed by atoms with Gasteiger partial charge in [-0.15, -0.1) is 0 Å². The molecule has 1 unspecified atom stereocenters. The van der Waals surface area contributed by atoms with E-state index in [0.717, 1.165) is 12.0 Å². The van der Waals surface area contributed by atoms with Gasteiger partial charge in [0.2, 0.25) is 5.91 Å². The van der Waals surface area contributed by atoms with E-state index >= 15 is 0 Å². The molecule has 4 heteroatoms. The average Bonchev–Trinajstić information content (AvgIpc) is 2.42. The lowest BCUT2D eigenvalue weighted by atomic mass is 10.2. The Morgan fingerprint density at radius 2 is 2.06 bits per heavy atom. The van der Waals surface area contributed by atoms with E-state index in [-0.39, 0.29) is 11.9 Å². The molecule has 0 heterocycles. The Kier molecular flexibility index (Phi) is 7.06. The Morgan fingerprint density at radius 1 is 1.33 bits per heavy atom. The molecule has 0 bridgehead atoms. The molecule has 1 atom stereocenters. The van der Waals surface area contributed by atoms with E-state index in [9.17, 15) is 4.79 Å². The van der Waals surface area contributed by atoms with Gasteiger partial charge in [0.15, 0.2) is 0 Å². The van der Waals surface area contributed by atoms with Crippen LogP contribution in [-0.4, -0.2) is 32.2 Å². The van der Waals surface area contributed by atoms with Crippen LogP contribution in [0.25, 0.3) is 0 Å². The fraction of sp³-hybridized carbons (Fsp3) is 0.500. The molecule has 0 radical (unpaired) electrons. The summed E-state index contributed by atoms with van der Waals surface area (Å²) in [5.74, 6) is 0.00778. The first-order valence-corrected chi connectivity index (χ1v) is 6.29. The van der Waals surface area contributed by atoms with Crippen molar-refractivity contribution in [1.82, 2.24) is 10.6 Å². The number of carbonyl (C=O) groups excluding carboxylic acids is 1. The predicted molar refractivity (Wildman–Crippen MR) is 72.2 cm³/mol. The molecule has 2 N–H and O–H groups in total. The first kappa shape index (κ1) is 14.7. The maximum atomic E-state index is 11.6. The normalized spacial score (nSPS) is 12.1. The van der Waals surface area contributed by atoms with E-state index in [1.165, 1.54) is 0 Å². The second kappa shape index (κ2) is 8.66. The summed E-state index contributed by atoms with van der Waals surface area (Å²) in [6.07, 6.45) is 0.944. The van der Waals surface area contributed by atoms with Crippen LogP contribution >= 0.6 is 0 Å². The second-order valence-corrected chi connectivity index (χ2v) is 4.20. The minimum Gasteiger partial charge on any atom is -0.383 e. The largest absolute Gasteiger partial charge is 0.383 e. The van der Waals surface area contributed by atoms with Gasteiger partial charge < -0.3 is 15.4 Å². The molecule has 0 saturated carbocycles. The molecular weight excluding hydrogens is 228 g/mol. The van der Waals surface area contributed by atoms with Crippen LogP contribution in [0.4, 0.5) is 0 Å². The van der Waals surface area contributed by atoms with Gasteiger partial charge in [0.25, 0.3) is 0 Å². The Morgan fingerprint density at radius 3 is 2.67 bits per heavy atom. The van der Waals surface area contributed by atoms with Gasteiger partial charge in [-0.3, -0.25) is 4.79 Å². The van der Waals surface area contributed by atoms with Gasteiger partial charge in [0.05, 0.1) is 13.2 Å². The smallest absolute Gasteiger partial charge is 0.234 e. The number of rotatable bonds is 8. The number of nitrogens with one attached hydrogen (secondary N) is 2. The summed E-state index contributed by atoms with van der Waals surface area (Å²) in [4.78, 5) is 11.6. The number of hydrogen-bond donors (Lipinski definition) is 2. The highest BCUT2D eigenvalue weighted by molar-refractivity contribution is 5.78. The van der Waals surface area contributed by atoms with Crippen LogP contribution in [0.3, 0.4) is 0 Å². The number of hydrogen-bond acceptors (Lipinski definition) is 3. The van der Waals surface area contributed by atoms with Gasteiger partial charge in [-0.25, -0.2) is 0 Å². The van der Waals surface area contributed by atoms with Gasteiger partial charge in [0, 0.05) is 19.7 Å². The zero-order chi connectivity index (χ0) is 13.2. The van der Waals surface area contributed by atoms with E-state index in [0.29, 0.717) is 19.7 Å². The standard InChI is InChI=1S/C14H22N2O2/c1-3-13(11-18-2)15-10-14(17)16-9-12-7-5-4-6-8-12/h4-8,13,15H,3,9-11H2,1-2H3,(H,16,17). The van der Waals surface area contributed by atoms with Crippen molar-refractivity contribution in [1.29, 1.82) is 0 Å². The third-order valence-corrected chi connectivity index (χ3v) is 2.74. The Hall–Kier alpha value is -1.39. The van der Waals surface area contributed by atoms with Crippen LogP contribution in [0.15, 0.2) is 30.3 Å². The molecule has 100 valence electrons. The summed E-state index contributed by atoms with van der Waals surface area (Å²) in [6.45, 7) is 3.60. The number of methoxy groups -OCH3 is 1. The average molecular weight is 250 g/mol. The summed E-state index contributed by atoms with van der Waals surface area (Å²) in [5.41, 5.74) is 1.11. The zero-order valence-corrected chi connectivity index (χ0v) is 11.1. The third kappa shape index (κ3) is 5.80. The summed E-state index contributed by atoms with van der Waals surface area (Å²) in [6, 6.07) is 10.1. The van der Waals surface area contributed by atoms with E-state index in [1.54, 1.807) is 7.11 Å². The number of benzene rings is 1. The molecule has 0 spiro atoms. The molecule has 0 saturated heterocycles. The van der Waals surface area contributed by atoms with Crippen LogP contribution in [-0.2, 0) is 16.1 Å². The van der Waals surface area contributed by atoms with Crippen molar-refractivity contribution in [2.45, 2.75) is 25.9 Å².